The molecule has 1 aromatic rings. The van der Waals surface area contributed by atoms with Crippen LogP contribution >= 0.6 is 0 Å². The van der Waals surface area contributed by atoms with E-state index >= 15 is 0 Å². The number of aromatic carboxylic acids is 1. The van der Waals surface area contributed by atoms with Gasteiger partial charge in [0.15, 0.2) is 6.10 Å². The Morgan fingerprint density at radius 1 is 1.72 bits per heavy atom. The summed E-state index contributed by atoms with van der Waals surface area (Å²) in [6, 6.07) is 2.91. The van der Waals surface area contributed by atoms with Gasteiger partial charge in [-0.3, -0.25) is 0 Å². The van der Waals surface area contributed by atoms with E-state index in [4.69, 9.17) is 14.6 Å². The molecule has 1 aliphatic rings. The van der Waals surface area contributed by atoms with Crippen molar-refractivity contribution in [1.82, 2.24) is 9.88 Å². The lowest BCUT2D eigenvalue weighted by Gasteiger charge is -2.10. The molecule has 7 heteroatoms. The molecule has 0 saturated carbocycles. The highest BCUT2D eigenvalue weighted by Gasteiger charge is 2.29. The van der Waals surface area contributed by atoms with Gasteiger partial charge in [0.05, 0.1) is 6.54 Å². The van der Waals surface area contributed by atoms with Crippen LogP contribution in [0.3, 0.4) is 0 Å². The number of ether oxygens (including phenoxy) is 2. The summed E-state index contributed by atoms with van der Waals surface area (Å²) in [5.74, 6) is -1.09. The number of hydrogen-bond acceptors (Lipinski definition) is 5. The van der Waals surface area contributed by atoms with Crippen LogP contribution in [0.25, 0.3) is 0 Å². The lowest BCUT2D eigenvalue weighted by molar-refractivity contribution is 0.0681. The summed E-state index contributed by atoms with van der Waals surface area (Å²) in [7, 11) is 1.62. The van der Waals surface area contributed by atoms with Gasteiger partial charge in [-0.05, 0) is 12.1 Å². The van der Waals surface area contributed by atoms with Gasteiger partial charge in [0.1, 0.15) is 12.2 Å². The van der Waals surface area contributed by atoms with E-state index in [0.717, 1.165) is 0 Å². The smallest absolute Gasteiger partial charge is 0.410 e. The second-order valence-electron chi connectivity index (χ2n) is 3.86. The quantitative estimate of drug-likeness (QED) is 0.844. The number of carbonyl (C=O) groups is 2. The van der Waals surface area contributed by atoms with E-state index in [9.17, 15) is 9.59 Å². The van der Waals surface area contributed by atoms with E-state index < -0.39 is 18.2 Å². The molecule has 1 aromatic heterocycles. The first-order chi connectivity index (χ1) is 8.58. The molecule has 1 fully saturated rings. The number of carboxylic acid groups (broad SMARTS) is 1. The molecule has 1 N–H and O–H groups in total. The van der Waals surface area contributed by atoms with Crippen molar-refractivity contribution in [2.75, 3.05) is 20.2 Å². The third kappa shape index (κ3) is 2.50. The zero-order chi connectivity index (χ0) is 13.1. The van der Waals surface area contributed by atoms with E-state index in [1.54, 1.807) is 7.05 Å². The summed E-state index contributed by atoms with van der Waals surface area (Å²) in [4.78, 5) is 27.3. The molecule has 1 unspecified atom stereocenters. The van der Waals surface area contributed by atoms with Gasteiger partial charge in [0.2, 0.25) is 5.88 Å². The van der Waals surface area contributed by atoms with E-state index in [-0.39, 0.29) is 18.1 Å². The fourth-order valence-corrected chi connectivity index (χ4v) is 1.58. The third-order valence-corrected chi connectivity index (χ3v) is 2.46. The average molecular weight is 252 g/mol. The third-order valence-electron chi connectivity index (χ3n) is 2.46. The number of pyridine rings is 1. The minimum Gasteiger partial charge on any atom is -0.477 e. The Hall–Kier alpha value is -2.31. The Morgan fingerprint density at radius 2 is 2.50 bits per heavy atom. The van der Waals surface area contributed by atoms with Gasteiger partial charge >= 0.3 is 12.1 Å². The van der Waals surface area contributed by atoms with Gasteiger partial charge in [0.25, 0.3) is 0 Å². The summed E-state index contributed by atoms with van der Waals surface area (Å²) in [6.45, 7) is 0.488. The zero-order valence-electron chi connectivity index (χ0n) is 9.70. The fraction of sp³-hybridized carbons (Fsp3) is 0.364. The van der Waals surface area contributed by atoms with Crippen molar-refractivity contribution in [2.45, 2.75) is 6.10 Å². The molecule has 1 atom stereocenters. The Morgan fingerprint density at radius 3 is 3.11 bits per heavy atom. The fourth-order valence-electron chi connectivity index (χ4n) is 1.58. The minimum absolute atomic E-state index is 0.0184. The molecule has 2 heterocycles. The van der Waals surface area contributed by atoms with Crippen molar-refractivity contribution in [1.29, 1.82) is 0 Å². The number of carboxylic acids is 1. The number of cyclic esters (lactones) is 1. The molecule has 96 valence electrons. The van der Waals surface area contributed by atoms with Crippen LogP contribution in [-0.2, 0) is 4.74 Å². The number of nitrogens with zero attached hydrogens (tertiary/aromatic N) is 2. The predicted molar refractivity (Wildman–Crippen MR) is 59.6 cm³/mol. The van der Waals surface area contributed by atoms with Gasteiger partial charge in [-0.1, -0.05) is 0 Å². The lowest BCUT2D eigenvalue weighted by Crippen LogP contribution is -2.24. The molecule has 0 bridgehead atoms. The van der Waals surface area contributed by atoms with Crippen molar-refractivity contribution in [3.8, 4) is 5.88 Å². The van der Waals surface area contributed by atoms with Crippen molar-refractivity contribution in [3.05, 3.63) is 23.9 Å². The molecule has 1 amide bonds. The molecule has 0 spiro atoms. The monoisotopic (exact) mass is 252 g/mol. The summed E-state index contributed by atoms with van der Waals surface area (Å²) in [5.41, 5.74) is -0.0184. The van der Waals surface area contributed by atoms with Crippen LogP contribution in [0.15, 0.2) is 18.3 Å². The van der Waals surface area contributed by atoms with Crippen molar-refractivity contribution in [2.24, 2.45) is 0 Å². The second-order valence-corrected chi connectivity index (χ2v) is 3.86. The largest absolute Gasteiger partial charge is 0.477 e. The summed E-state index contributed by atoms with van der Waals surface area (Å²) < 4.78 is 10.3. The van der Waals surface area contributed by atoms with Crippen LogP contribution in [0.4, 0.5) is 4.79 Å². The van der Waals surface area contributed by atoms with Crippen LogP contribution < -0.4 is 4.74 Å². The zero-order valence-corrected chi connectivity index (χ0v) is 9.70. The SMILES string of the molecule is CN1CC(COc2ncccc2C(=O)O)OC1=O. The van der Waals surface area contributed by atoms with E-state index in [1.165, 1.54) is 23.2 Å². The van der Waals surface area contributed by atoms with Gasteiger partial charge in [-0.15, -0.1) is 0 Å². The maximum atomic E-state index is 11.1. The number of carbonyl (C=O) groups excluding carboxylic acids is 1. The minimum atomic E-state index is -1.11. The maximum absolute atomic E-state index is 11.1. The molecule has 0 radical (unpaired) electrons. The molecule has 1 aliphatic heterocycles. The summed E-state index contributed by atoms with van der Waals surface area (Å²) in [5, 5.41) is 8.93. The number of likely N-dealkylation sites (N-methyl/N-ethyl adjacent to an activating group) is 1. The van der Waals surface area contributed by atoms with E-state index in [2.05, 4.69) is 4.98 Å². The molecule has 0 aromatic carbocycles. The van der Waals surface area contributed by atoms with Crippen LogP contribution in [0.5, 0.6) is 5.88 Å². The molecule has 7 nitrogen and oxygen atoms in total. The Balaban J connectivity index is 1.99. The van der Waals surface area contributed by atoms with Crippen LogP contribution in [0.2, 0.25) is 0 Å². The first-order valence-corrected chi connectivity index (χ1v) is 5.31. The molecular formula is C11H12N2O5. The van der Waals surface area contributed by atoms with Crippen molar-refractivity contribution < 1.29 is 24.2 Å². The lowest BCUT2D eigenvalue weighted by atomic mass is 10.3. The number of amides is 1. The van der Waals surface area contributed by atoms with Crippen LogP contribution in [0.1, 0.15) is 10.4 Å². The topological polar surface area (TPSA) is 89.0 Å². The standard InChI is InChI=1S/C11H12N2O5/c1-13-5-7(18-11(13)16)6-17-9-8(10(14)15)3-2-4-12-9/h2-4,7H,5-6H2,1H3,(H,14,15). The Labute approximate surface area is 103 Å². The Kier molecular flexibility index (Phi) is 3.31. The van der Waals surface area contributed by atoms with Crippen molar-refractivity contribution in [3.63, 3.8) is 0 Å². The van der Waals surface area contributed by atoms with Crippen LogP contribution in [0, 0.1) is 0 Å². The Bertz CT molecular complexity index is 476. The van der Waals surface area contributed by atoms with Gasteiger partial charge in [-0.25, -0.2) is 14.6 Å². The number of hydrogen-bond donors (Lipinski definition) is 1. The molecule has 18 heavy (non-hydrogen) atoms. The number of aromatic nitrogens is 1. The van der Waals surface area contributed by atoms with Crippen molar-refractivity contribution >= 4 is 12.1 Å². The van der Waals surface area contributed by atoms with Crippen LogP contribution in [-0.4, -0.2) is 53.4 Å². The second kappa shape index (κ2) is 4.91. The van der Waals surface area contributed by atoms with E-state index in [1.807, 2.05) is 0 Å². The van der Waals surface area contributed by atoms with Gasteiger partial charge in [0, 0.05) is 13.2 Å². The highest BCUT2D eigenvalue weighted by molar-refractivity contribution is 5.90. The average Bonchev–Trinajstić information content (AvgIpc) is 2.66. The van der Waals surface area contributed by atoms with Gasteiger partial charge in [-0.2, -0.15) is 0 Å². The molecule has 0 aliphatic carbocycles. The number of rotatable bonds is 4. The normalized spacial score (nSPS) is 18.6. The first-order valence-electron chi connectivity index (χ1n) is 5.31. The molecular weight excluding hydrogens is 240 g/mol. The maximum Gasteiger partial charge on any atom is 0.410 e. The first kappa shape index (κ1) is 12.2. The van der Waals surface area contributed by atoms with E-state index in [0.29, 0.717) is 6.54 Å². The molecule has 2 rings (SSSR count). The summed E-state index contributed by atoms with van der Waals surface area (Å²) in [6.07, 6.45) is 0.614. The highest BCUT2D eigenvalue weighted by Crippen LogP contribution is 2.16. The highest BCUT2D eigenvalue weighted by atomic mass is 16.6. The van der Waals surface area contributed by atoms with Gasteiger partial charge < -0.3 is 19.5 Å². The predicted octanol–water partition coefficient (Wildman–Crippen LogP) is 0.609. The molecule has 1 saturated heterocycles. The summed E-state index contributed by atoms with van der Waals surface area (Å²) >= 11 is 0.